The highest BCUT2D eigenvalue weighted by molar-refractivity contribution is 7.91. The molecule has 2 rings (SSSR count). The van der Waals surface area contributed by atoms with E-state index in [1.807, 2.05) is 0 Å². The average molecular weight is 297 g/mol. The van der Waals surface area contributed by atoms with Crippen molar-refractivity contribution in [3.8, 4) is 0 Å². The lowest BCUT2D eigenvalue weighted by Crippen LogP contribution is -2.25. The van der Waals surface area contributed by atoms with Crippen molar-refractivity contribution in [1.82, 2.24) is 9.29 Å². The van der Waals surface area contributed by atoms with Gasteiger partial charge < -0.3 is 5.73 Å². The van der Waals surface area contributed by atoms with Crippen LogP contribution in [0.1, 0.15) is 10.4 Å². The minimum absolute atomic E-state index is 0.320. The van der Waals surface area contributed by atoms with Crippen LogP contribution in [0.15, 0.2) is 40.9 Å². The smallest absolute Gasteiger partial charge is 0.252 e. The molecule has 5 nitrogen and oxygen atoms in total. The lowest BCUT2D eigenvalue weighted by atomic mass is 10.3. The number of hydrogen-bond donors (Lipinski definition) is 1. The molecule has 0 radical (unpaired) electrons. The van der Waals surface area contributed by atoms with Gasteiger partial charge in [0.1, 0.15) is 4.21 Å². The van der Waals surface area contributed by atoms with Crippen LogP contribution < -0.4 is 5.73 Å². The second-order valence-electron chi connectivity index (χ2n) is 4.04. The highest BCUT2D eigenvalue weighted by Crippen LogP contribution is 2.24. The molecule has 0 aliphatic carbocycles. The molecule has 102 valence electrons. The van der Waals surface area contributed by atoms with Gasteiger partial charge in [-0.2, -0.15) is 4.31 Å². The van der Waals surface area contributed by atoms with E-state index < -0.39 is 10.0 Å². The van der Waals surface area contributed by atoms with E-state index in [2.05, 4.69) is 4.98 Å². The van der Waals surface area contributed by atoms with Gasteiger partial charge in [0.25, 0.3) is 10.0 Å². The molecule has 0 saturated heterocycles. The van der Waals surface area contributed by atoms with Gasteiger partial charge in [-0.05, 0) is 29.8 Å². The van der Waals surface area contributed by atoms with Crippen LogP contribution in [0.3, 0.4) is 0 Å². The maximum atomic E-state index is 12.3. The molecule has 0 bridgehead atoms. The normalized spacial score (nSPS) is 11.9. The van der Waals surface area contributed by atoms with Crippen LogP contribution >= 0.6 is 11.3 Å². The third-order valence-electron chi connectivity index (χ3n) is 2.66. The van der Waals surface area contributed by atoms with Crippen molar-refractivity contribution in [3.05, 3.63) is 47.1 Å². The summed E-state index contributed by atoms with van der Waals surface area (Å²) in [5.41, 5.74) is 6.40. The summed E-state index contributed by atoms with van der Waals surface area (Å²) in [4.78, 5) is 4.76. The monoisotopic (exact) mass is 297 g/mol. The number of hydrogen-bond acceptors (Lipinski definition) is 5. The van der Waals surface area contributed by atoms with Crippen LogP contribution in [-0.4, -0.2) is 24.8 Å². The predicted octanol–water partition coefficient (Wildman–Crippen LogP) is 1.42. The summed E-state index contributed by atoms with van der Waals surface area (Å²) in [6.45, 7) is 0.676. The Hall–Kier alpha value is -1.28. The number of nitrogens with two attached hydrogens (primary N) is 1. The van der Waals surface area contributed by atoms with Gasteiger partial charge in [0.15, 0.2) is 0 Å². The maximum absolute atomic E-state index is 12.3. The molecule has 0 aliphatic rings. The summed E-state index contributed by atoms with van der Waals surface area (Å²) in [7, 11) is -1.88. The fourth-order valence-electron chi connectivity index (χ4n) is 1.59. The summed E-state index contributed by atoms with van der Waals surface area (Å²) in [6.07, 6.45) is 3.29. The molecule has 0 fully saturated rings. The topological polar surface area (TPSA) is 76.3 Å². The van der Waals surface area contributed by atoms with E-state index >= 15 is 0 Å². The van der Waals surface area contributed by atoms with Crippen molar-refractivity contribution < 1.29 is 8.42 Å². The van der Waals surface area contributed by atoms with Gasteiger partial charge in [-0.1, -0.05) is 0 Å². The first kappa shape index (κ1) is 14.1. The van der Waals surface area contributed by atoms with Crippen LogP contribution in [0.25, 0.3) is 0 Å². The number of rotatable bonds is 5. The highest BCUT2D eigenvalue weighted by atomic mass is 32.2. The molecular weight excluding hydrogens is 282 g/mol. The Balaban J connectivity index is 2.19. The summed E-state index contributed by atoms with van der Waals surface area (Å²) < 4.78 is 26.3. The Bertz CT molecular complexity index is 638. The van der Waals surface area contributed by atoms with E-state index in [4.69, 9.17) is 5.73 Å². The Labute approximate surface area is 116 Å². The number of aromatic nitrogens is 1. The number of sulfonamides is 1. The van der Waals surface area contributed by atoms with E-state index in [-0.39, 0.29) is 0 Å². The van der Waals surface area contributed by atoms with Gasteiger partial charge in [-0.15, -0.1) is 11.3 Å². The van der Waals surface area contributed by atoms with E-state index in [1.54, 1.807) is 43.7 Å². The molecule has 0 unspecified atom stereocenters. The van der Waals surface area contributed by atoms with E-state index in [9.17, 15) is 8.42 Å². The van der Waals surface area contributed by atoms with Crippen molar-refractivity contribution in [1.29, 1.82) is 0 Å². The highest BCUT2D eigenvalue weighted by Gasteiger charge is 2.22. The zero-order valence-corrected chi connectivity index (χ0v) is 12.1. The fraction of sp³-hybridized carbons (Fsp3) is 0.250. The van der Waals surface area contributed by atoms with Gasteiger partial charge in [-0.25, -0.2) is 8.42 Å². The summed E-state index contributed by atoms with van der Waals surface area (Å²) in [5.74, 6) is 0. The van der Waals surface area contributed by atoms with Gasteiger partial charge in [0.2, 0.25) is 0 Å². The van der Waals surface area contributed by atoms with Gasteiger partial charge >= 0.3 is 0 Å². The Morgan fingerprint density at radius 3 is 2.53 bits per heavy atom. The molecular formula is C12H15N3O2S2. The molecule has 2 heterocycles. The molecule has 0 aliphatic heterocycles. The first-order valence-electron chi connectivity index (χ1n) is 5.68. The zero-order valence-electron chi connectivity index (χ0n) is 10.5. The van der Waals surface area contributed by atoms with Crippen LogP contribution in [0.4, 0.5) is 0 Å². The predicted molar refractivity (Wildman–Crippen MR) is 75.1 cm³/mol. The largest absolute Gasteiger partial charge is 0.326 e. The molecule has 0 atom stereocenters. The van der Waals surface area contributed by atoms with Crippen LogP contribution in [-0.2, 0) is 23.1 Å². The van der Waals surface area contributed by atoms with E-state index in [0.717, 1.165) is 10.4 Å². The maximum Gasteiger partial charge on any atom is 0.252 e. The average Bonchev–Trinajstić information content (AvgIpc) is 2.89. The minimum Gasteiger partial charge on any atom is -0.326 e. The van der Waals surface area contributed by atoms with Crippen LogP contribution in [0.2, 0.25) is 0 Å². The SMILES string of the molecule is CN(Cc1ccncc1)S(=O)(=O)c1ccc(CN)s1. The second-order valence-corrected chi connectivity index (χ2v) is 7.48. The van der Waals surface area contributed by atoms with Gasteiger partial charge in [0.05, 0.1) is 0 Å². The van der Waals surface area contributed by atoms with Gasteiger partial charge in [-0.3, -0.25) is 4.98 Å². The molecule has 0 saturated carbocycles. The lowest BCUT2D eigenvalue weighted by molar-refractivity contribution is 0.468. The molecule has 2 aromatic heterocycles. The van der Waals surface area contributed by atoms with Gasteiger partial charge in [0, 0.05) is 37.4 Å². The number of thiophene rings is 1. The van der Waals surface area contributed by atoms with E-state index in [0.29, 0.717) is 17.3 Å². The fourth-order valence-corrected chi connectivity index (χ4v) is 4.19. The Morgan fingerprint density at radius 1 is 1.26 bits per heavy atom. The summed E-state index contributed by atoms with van der Waals surface area (Å²) in [6, 6.07) is 6.95. The lowest BCUT2D eigenvalue weighted by Gasteiger charge is -2.15. The standard InChI is InChI=1S/C12H15N3O2S2/c1-15(9-10-4-6-14-7-5-10)19(16,17)12-3-2-11(8-13)18-12/h2-7H,8-9,13H2,1H3. The third-order valence-corrected chi connectivity index (χ3v) is 6.04. The second kappa shape index (κ2) is 5.79. The first-order chi connectivity index (χ1) is 9.04. The molecule has 0 amide bonds. The molecule has 7 heteroatoms. The van der Waals surface area contributed by atoms with Crippen LogP contribution in [0.5, 0.6) is 0 Å². The zero-order chi connectivity index (χ0) is 13.9. The Kier molecular flexibility index (Phi) is 4.31. The minimum atomic E-state index is -3.45. The van der Waals surface area contributed by atoms with Crippen molar-refractivity contribution >= 4 is 21.4 Å². The summed E-state index contributed by atoms with van der Waals surface area (Å²) >= 11 is 1.21. The molecule has 2 aromatic rings. The third kappa shape index (κ3) is 3.19. The molecule has 19 heavy (non-hydrogen) atoms. The van der Waals surface area contributed by atoms with Crippen LogP contribution in [0, 0.1) is 0 Å². The quantitative estimate of drug-likeness (QED) is 0.905. The van der Waals surface area contributed by atoms with Crippen molar-refractivity contribution in [2.75, 3.05) is 7.05 Å². The molecule has 2 N–H and O–H groups in total. The number of pyridine rings is 1. The van der Waals surface area contributed by atoms with Crippen molar-refractivity contribution in [3.63, 3.8) is 0 Å². The van der Waals surface area contributed by atoms with Crippen molar-refractivity contribution in [2.24, 2.45) is 5.73 Å². The van der Waals surface area contributed by atoms with E-state index in [1.165, 1.54) is 15.6 Å². The molecule has 0 aromatic carbocycles. The van der Waals surface area contributed by atoms with Crippen molar-refractivity contribution in [2.45, 2.75) is 17.3 Å². The number of nitrogens with zero attached hydrogens (tertiary/aromatic N) is 2. The Morgan fingerprint density at radius 2 is 1.95 bits per heavy atom. The molecule has 0 spiro atoms. The summed E-state index contributed by atoms with van der Waals surface area (Å²) in [5, 5.41) is 0. The first-order valence-corrected chi connectivity index (χ1v) is 7.93.